The molecule has 0 bridgehead atoms. The summed E-state index contributed by atoms with van der Waals surface area (Å²) in [7, 11) is -2.90. The number of rotatable bonds is 4. The fraction of sp³-hybridized carbons (Fsp3) is 0.400. The number of hydrogen-bond donors (Lipinski definition) is 0. The van der Waals surface area contributed by atoms with Gasteiger partial charge in [-0.15, -0.1) is 0 Å². The van der Waals surface area contributed by atoms with Crippen LogP contribution in [-0.2, 0) is 16.4 Å². The number of fused-ring (bicyclic) bond motifs is 1. The minimum Gasteiger partial charge on any atom is -0.369 e. The number of aromatic nitrogens is 2. The van der Waals surface area contributed by atoms with Gasteiger partial charge in [-0.25, -0.2) is 13.4 Å². The summed E-state index contributed by atoms with van der Waals surface area (Å²) in [5.41, 5.74) is 3.73. The first-order valence-electron chi connectivity index (χ1n) is 9.55. The number of thiazole rings is 1. The summed E-state index contributed by atoms with van der Waals surface area (Å²) in [6, 6.07) is 12.0. The smallest absolute Gasteiger partial charge is 0.309 e. The maximum atomic E-state index is 12.3. The molecule has 8 heteroatoms. The van der Waals surface area contributed by atoms with Crippen LogP contribution in [0.5, 0.6) is 0 Å². The zero-order valence-corrected chi connectivity index (χ0v) is 17.0. The standard InChI is InChI=1S/C20H21N3O3S2/c24-20-23(13-14-4-5-14)18-7-6-17(21-19(18)27-20)15-2-1-3-16(12-15)22-8-10-28(25,26)11-9-22/h1-3,6-7,12,14H,4-5,8-11,13H2. The van der Waals surface area contributed by atoms with Crippen molar-refractivity contribution in [3.05, 3.63) is 46.1 Å². The van der Waals surface area contributed by atoms with E-state index < -0.39 is 9.84 Å². The molecule has 0 atom stereocenters. The van der Waals surface area contributed by atoms with Crippen LogP contribution in [-0.4, -0.2) is 42.6 Å². The van der Waals surface area contributed by atoms with Gasteiger partial charge >= 0.3 is 4.87 Å². The van der Waals surface area contributed by atoms with Crippen LogP contribution >= 0.6 is 11.3 Å². The molecule has 2 aromatic heterocycles. The Morgan fingerprint density at radius 2 is 1.89 bits per heavy atom. The first kappa shape index (κ1) is 17.9. The average Bonchev–Trinajstić information content (AvgIpc) is 3.45. The summed E-state index contributed by atoms with van der Waals surface area (Å²) in [4.78, 5) is 20.0. The van der Waals surface area contributed by atoms with Crippen molar-refractivity contribution < 1.29 is 8.42 Å². The highest BCUT2D eigenvalue weighted by Crippen LogP contribution is 2.32. The Bertz CT molecular complexity index is 1190. The monoisotopic (exact) mass is 415 g/mol. The molecule has 1 aliphatic heterocycles. The molecule has 0 unspecified atom stereocenters. The molecule has 1 saturated heterocycles. The fourth-order valence-electron chi connectivity index (χ4n) is 3.67. The molecular formula is C20H21N3O3S2. The van der Waals surface area contributed by atoms with E-state index in [0.717, 1.165) is 33.8 Å². The SMILES string of the molecule is O=c1sc2nc(-c3cccc(N4CCS(=O)(=O)CC4)c3)ccc2n1CC1CC1. The quantitative estimate of drug-likeness (QED) is 0.655. The van der Waals surface area contributed by atoms with Crippen LogP contribution in [0, 0.1) is 5.92 Å². The van der Waals surface area contributed by atoms with Crippen molar-refractivity contribution in [1.29, 1.82) is 0 Å². The first-order valence-corrected chi connectivity index (χ1v) is 12.2. The van der Waals surface area contributed by atoms with E-state index in [-0.39, 0.29) is 16.4 Å². The molecule has 2 fully saturated rings. The first-order chi connectivity index (χ1) is 13.5. The largest absolute Gasteiger partial charge is 0.369 e. The third-order valence-corrected chi connectivity index (χ3v) is 8.02. The van der Waals surface area contributed by atoms with Crippen molar-refractivity contribution in [3.8, 4) is 11.3 Å². The Kier molecular flexibility index (Phi) is 4.28. The molecule has 0 spiro atoms. The number of sulfone groups is 1. The topological polar surface area (TPSA) is 72.3 Å². The van der Waals surface area contributed by atoms with Crippen molar-refractivity contribution in [2.45, 2.75) is 19.4 Å². The highest BCUT2D eigenvalue weighted by atomic mass is 32.2. The highest BCUT2D eigenvalue weighted by molar-refractivity contribution is 7.91. The second-order valence-electron chi connectivity index (χ2n) is 7.63. The van der Waals surface area contributed by atoms with Gasteiger partial charge in [0.05, 0.1) is 22.7 Å². The van der Waals surface area contributed by atoms with E-state index in [9.17, 15) is 13.2 Å². The van der Waals surface area contributed by atoms with Crippen molar-refractivity contribution in [1.82, 2.24) is 9.55 Å². The number of hydrogen-bond acceptors (Lipinski definition) is 6. The molecule has 5 rings (SSSR count). The van der Waals surface area contributed by atoms with Gasteiger partial charge < -0.3 is 4.90 Å². The Hall–Kier alpha value is -2.19. The van der Waals surface area contributed by atoms with Crippen LogP contribution < -0.4 is 9.77 Å². The Labute approximate surface area is 167 Å². The Morgan fingerprint density at radius 1 is 1.11 bits per heavy atom. The molecule has 1 aliphatic carbocycles. The van der Waals surface area contributed by atoms with Crippen LogP contribution in [0.25, 0.3) is 21.6 Å². The summed E-state index contributed by atoms with van der Waals surface area (Å²) in [5, 5.41) is 0. The average molecular weight is 416 g/mol. The normalized spacial score (nSPS) is 19.2. The predicted molar refractivity (Wildman–Crippen MR) is 113 cm³/mol. The third-order valence-electron chi connectivity index (χ3n) is 5.52. The van der Waals surface area contributed by atoms with Crippen molar-refractivity contribution in [2.75, 3.05) is 29.5 Å². The summed E-state index contributed by atoms with van der Waals surface area (Å²) < 4.78 is 25.2. The molecule has 1 aromatic carbocycles. The summed E-state index contributed by atoms with van der Waals surface area (Å²) in [6.07, 6.45) is 2.42. The molecule has 28 heavy (non-hydrogen) atoms. The van der Waals surface area contributed by atoms with Gasteiger partial charge in [0, 0.05) is 30.9 Å². The minimum absolute atomic E-state index is 0.0647. The van der Waals surface area contributed by atoms with Crippen molar-refractivity contribution >= 4 is 37.2 Å². The lowest BCUT2D eigenvalue weighted by Gasteiger charge is -2.29. The van der Waals surface area contributed by atoms with Crippen LogP contribution in [0.1, 0.15) is 12.8 Å². The summed E-state index contributed by atoms with van der Waals surface area (Å²) >= 11 is 1.21. The van der Waals surface area contributed by atoms with E-state index >= 15 is 0 Å². The molecule has 6 nitrogen and oxygen atoms in total. The number of anilines is 1. The molecule has 2 aliphatic rings. The van der Waals surface area contributed by atoms with E-state index in [1.54, 1.807) is 0 Å². The third kappa shape index (κ3) is 3.46. The lowest BCUT2D eigenvalue weighted by molar-refractivity contribution is 0.587. The van der Waals surface area contributed by atoms with E-state index in [1.165, 1.54) is 24.2 Å². The van der Waals surface area contributed by atoms with E-state index in [2.05, 4.69) is 11.0 Å². The zero-order valence-electron chi connectivity index (χ0n) is 15.4. The predicted octanol–water partition coefficient (Wildman–Crippen LogP) is 2.77. The van der Waals surface area contributed by atoms with Gasteiger partial charge in [-0.05, 0) is 43.0 Å². The van der Waals surface area contributed by atoms with Crippen molar-refractivity contribution in [2.24, 2.45) is 5.92 Å². The highest BCUT2D eigenvalue weighted by Gasteiger charge is 2.24. The molecule has 1 saturated carbocycles. The van der Waals surface area contributed by atoms with Gasteiger partial charge in [0.25, 0.3) is 0 Å². The van der Waals surface area contributed by atoms with E-state index in [1.807, 2.05) is 34.9 Å². The fourth-order valence-corrected chi connectivity index (χ4v) is 5.75. The van der Waals surface area contributed by atoms with Gasteiger partial charge in [-0.1, -0.05) is 23.5 Å². The molecule has 0 N–H and O–H groups in total. The molecule has 0 amide bonds. The van der Waals surface area contributed by atoms with Crippen LogP contribution in [0.4, 0.5) is 5.69 Å². The van der Waals surface area contributed by atoms with Crippen LogP contribution in [0.3, 0.4) is 0 Å². The Morgan fingerprint density at radius 3 is 2.64 bits per heavy atom. The Balaban J connectivity index is 1.46. The van der Waals surface area contributed by atoms with Crippen LogP contribution in [0.15, 0.2) is 41.2 Å². The molecule has 3 aromatic rings. The minimum atomic E-state index is -2.90. The number of nitrogens with zero attached hydrogens (tertiary/aromatic N) is 3. The van der Waals surface area contributed by atoms with E-state index in [0.29, 0.717) is 19.0 Å². The number of pyridine rings is 1. The lowest BCUT2D eigenvalue weighted by Crippen LogP contribution is -2.40. The van der Waals surface area contributed by atoms with Gasteiger partial charge in [0.1, 0.15) is 4.83 Å². The molecular weight excluding hydrogens is 394 g/mol. The second-order valence-corrected chi connectivity index (χ2v) is 10.9. The maximum Gasteiger partial charge on any atom is 0.309 e. The summed E-state index contributed by atoms with van der Waals surface area (Å²) in [6.45, 7) is 1.83. The number of benzene rings is 1. The molecule has 3 heterocycles. The van der Waals surface area contributed by atoms with Gasteiger partial charge in [0.15, 0.2) is 9.84 Å². The summed E-state index contributed by atoms with van der Waals surface area (Å²) in [5.74, 6) is 1.04. The van der Waals surface area contributed by atoms with Gasteiger partial charge in [-0.3, -0.25) is 9.36 Å². The van der Waals surface area contributed by atoms with Gasteiger partial charge in [0.2, 0.25) is 0 Å². The van der Waals surface area contributed by atoms with Crippen molar-refractivity contribution in [3.63, 3.8) is 0 Å². The van der Waals surface area contributed by atoms with Gasteiger partial charge in [-0.2, -0.15) is 0 Å². The zero-order chi connectivity index (χ0) is 19.3. The van der Waals surface area contributed by atoms with E-state index in [4.69, 9.17) is 4.98 Å². The lowest BCUT2D eigenvalue weighted by atomic mass is 10.1. The van der Waals surface area contributed by atoms with Crippen LogP contribution in [0.2, 0.25) is 0 Å². The second kappa shape index (κ2) is 6.70. The maximum absolute atomic E-state index is 12.3. The molecule has 146 valence electrons. The molecule has 0 radical (unpaired) electrons.